The molecule has 0 fully saturated rings. The van der Waals surface area contributed by atoms with Gasteiger partial charge in [-0.05, 0) is 6.42 Å². The summed E-state index contributed by atoms with van der Waals surface area (Å²) in [5, 5.41) is 4.16. The van der Waals surface area contributed by atoms with E-state index >= 15 is 0 Å². The summed E-state index contributed by atoms with van der Waals surface area (Å²) in [6.07, 6.45) is 5.40. The summed E-state index contributed by atoms with van der Waals surface area (Å²) in [7, 11) is 1.92. The van der Waals surface area contributed by atoms with Gasteiger partial charge in [-0.1, -0.05) is 19.8 Å². The Bertz CT molecular complexity index is 283. The molecule has 1 aromatic rings. The second-order valence-electron chi connectivity index (χ2n) is 3.70. The van der Waals surface area contributed by atoms with Crippen molar-refractivity contribution in [3.63, 3.8) is 0 Å². The standard InChI is InChI=1S/C11H21N3O/c1-3-4-5-6-15-9-11-10(7-12)8-13-14(11)2/h8H,3-7,9,12H2,1-2H3. The minimum Gasteiger partial charge on any atom is -0.375 e. The van der Waals surface area contributed by atoms with Crippen LogP contribution in [-0.4, -0.2) is 16.4 Å². The lowest BCUT2D eigenvalue weighted by atomic mass is 10.2. The van der Waals surface area contributed by atoms with Crippen LogP contribution in [0.3, 0.4) is 0 Å². The average molecular weight is 211 g/mol. The number of nitrogens with zero attached hydrogens (tertiary/aromatic N) is 2. The third kappa shape index (κ3) is 3.64. The number of hydrogen-bond acceptors (Lipinski definition) is 3. The van der Waals surface area contributed by atoms with E-state index in [-0.39, 0.29) is 0 Å². The van der Waals surface area contributed by atoms with Gasteiger partial charge in [-0.15, -0.1) is 0 Å². The van der Waals surface area contributed by atoms with Crippen molar-refractivity contribution in [2.24, 2.45) is 12.8 Å². The van der Waals surface area contributed by atoms with Gasteiger partial charge in [-0.3, -0.25) is 4.68 Å². The van der Waals surface area contributed by atoms with Gasteiger partial charge in [-0.25, -0.2) is 0 Å². The van der Waals surface area contributed by atoms with E-state index in [1.165, 1.54) is 12.8 Å². The maximum absolute atomic E-state index is 5.61. The number of ether oxygens (including phenoxy) is 1. The van der Waals surface area contributed by atoms with Crippen LogP contribution in [0.25, 0.3) is 0 Å². The molecule has 1 rings (SSSR count). The molecule has 0 unspecified atom stereocenters. The molecule has 4 heteroatoms. The highest BCUT2D eigenvalue weighted by atomic mass is 16.5. The van der Waals surface area contributed by atoms with E-state index in [1.54, 1.807) is 0 Å². The van der Waals surface area contributed by atoms with Crippen molar-refractivity contribution < 1.29 is 4.74 Å². The summed E-state index contributed by atoms with van der Waals surface area (Å²) in [5.41, 5.74) is 7.78. The van der Waals surface area contributed by atoms with E-state index in [0.29, 0.717) is 13.2 Å². The number of rotatable bonds is 7. The molecule has 0 radical (unpaired) electrons. The molecule has 0 aliphatic carbocycles. The van der Waals surface area contributed by atoms with Crippen LogP contribution in [0.2, 0.25) is 0 Å². The van der Waals surface area contributed by atoms with Gasteiger partial charge in [-0.2, -0.15) is 5.10 Å². The quantitative estimate of drug-likeness (QED) is 0.697. The highest BCUT2D eigenvalue weighted by Crippen LogP contribution is 2.08. The zero-order chi connectivity index (χ0) is 11.1. The van der Waals surface area contributed by atoms with Crippen LogP contribution >= 0.6 is 0 Å². The van der Waals surface area contributed by atoms with Gasteiger partial charge in [0.15, 0.2) is 0 Å². The Labute approximate surface area is 91.4 Å². The Hall–Kier alpha value is -0.870. The van der Waals surface area contributed by atoms with Crippen molar-refractivity contribution in [1.82, 2.24) is 9.78 Å². The average Bonchev–Trinajstić information content (AvgIpc) is 2.60. The van der Waals surface area contributed by atoms with Crippen molar-refractivity contribution in [3.05, 3.63) is 17.5 Å². The molecule has 0 spiro atoms. The first-order valence-electron chi connectivity index (χ1n) is 5.57. The van der Waals surface area contributed by atoms with E-state index in [4.69, 9.17) is 10.5 Å². The summed E-state index contributed by atoms with van der Waals surface area (Å²) >= 11 is 0. The first-order valence-corrected chi connectivity index (χ1v) is 5.57. The highest BCUT2D eigenvalue weighted by molar-refractivity contribution is 5.16. The van der Waals surface area contributed by atoms with Crippen LogP contribution in [0.5, 0.6) is 0 Å². The highest BCUT2D eigenvalue weighted by Gasteiger charge is 2.06. The van der Waals surface area contributed by atoms with Crippen molar-refractivity contribution in [3.8, 4) is 0 Å². The number of hydrogen-bond donors (Lipinski definition) is 1. The molecule has 1 heterocycles. The minimum absolute atomic E-state index is 0.529. The van der Waals surface area contributed by atoms with Crippen molar-refractivity contribution >= 4 is 0 Å². The van der Waals surface area contributed by atoms with Crippen LogP contribution < -0.4 is 5.73 Å². The second-order valence-corrected chi connectivity index (χ2v) is 3.70. The van der Waals surface area contributed by atoms with Gasteiger partial charge >= 0.3 is 0 Å². The van der Waals surface area contributed by atoms with Gasteiger partial charge in [0, 0.05) is 25.8 Å². The Morgan fingerprint density at radius 1 is 1.47 bits per heavy atom. The Balaban J connectivity index is 2.33. The fraction of sp³-hybridized carbons (Fsp3) is 0.727. The molecule has 4 nitrogen and oxygen atoms in total. The predicted octanol–water partition coefficient (Wildman–Crippen LogP) is 1.59. The Morgan fingerprint density at radius 3 is 2.93 bits per heavy atom. The summed E-state index contributed by atoms with van der Waals surface area (Å²) in [6.45, 7) is 4.16. The van der Waals surface area contributed by atoms with Crippen LogP contribution in [0, 0.1) is 0 Å². The second kappa shape index (κ2) is 6.58. The van der Waals surface area contributed by atoms with Crippen LogP contribution in [-0.2, 0) is 24.9 Å². The maximum Gasteiger partial charge on any atom is 0.0887 e. The molecular weight excluding hydrogens is 190 g/mol. The maximum atomic E-state index is 5.61. The molecule has 15 heavy (non-hydrogen) atoms. The van der Waals surface area contributed by atoms with E-state index in [0.717, 1.165) is 24.3 Å². The van der Waals surface area contributed by atoms with Crippen LogP contribution in [0.4, 0.5) is 0 Å². The topological polar surface area (TPSA) is 53.1 Å². The van der Waals surface area contributed by atoms with Gasteiger partial charge in [0.2, 0.25) is 0 Å². The predicted molar refractivity (Wildman–Crippen MR) is 60.3 cm³/mol. The molecule has 0 saturated heterocycles. The fourth-order valence-corrected chi connectivity index (χ4v) is 1.49. The lowest BCUT2D eigenvalue weighted by Gasteiger charge is -2.06. The molecule has 1 aromatic heterocycles. The SMILES string of the molecule is CCCCCOCc1c(CN)cnn1C. The molecule has 0 aliphatic rings. The molecular formula is C11H21N3O. The smallest absolute Gasteiger partial charge is 0.0887 e. The summed E-state index contributed by atoms with van der Waals surface area (Å²) in [5.74, 6) is 0. The van der Waals surface area contributed by atoms with E-state index in [1.807, 2.05) is 17.9 Å². The minimum atomic E-state index is 0.529. The van der Waals surface area contributed by atoms with Gasteiger partial charge in [0.1, 0.15) is 0 Å². The third-order valence-corrected chi connectivity index (χ3v) is 2.50. The molecule has 0 aromatic carbocycles. The lowest BCUT2D eigenvalue weighted by molar-refractivity contribution is 0.111. The normalized spacial score (nSPS) is 10.9. The molecule has 0 amide bonds. The largest absolute Gasteiger partial charge is 0.375 e. The van der Waals surface area contributed by atoms with E-state index in [9.17, 15) is 0 Å². The van der Waals surface area contributed by atoms with Crippen molar-refractivity contribution in [2.75, 3.05) is 6.61 Å². The molecule has 0 saturated carbocycles. The van der Waals surface area contributed by atoms with Gasteiger partial charge in [0.25, 0.3) is 0 Å². The molecule has 0 atom stereocenters. The Morgan fingerprint density at radius 2 is 2.27 bits per heavy atom. The lowest BCUT2D eigenvalue weighted by Crippen LogP contribution is -2.06. The number of aromatic nitrogens is 2. The van der Waals surface area contributed by atoms with Crippen molar-refractivity contribution in [1.29, 1.82) is 0 Å². The molecule has 86 valence electrons. The Kier molecular flexibility index (Phi) is 5.36. The van der Waals surface area contributed by atoms with E-state index in [2.05, 4.69) is 12.0 Å². The zero-order valence-corrected chi connectivity index (χ0v) is 9.70. The third-order valence-electron chi connectivity index (χ3n) is 2.50. The van der Waals surface area contributed by atoms with Gasteiger partial charge < -0.3 is 10.5 Å². The molecule has 2 N–H and O–H groups in total. The van der Waals surface area contributed by atoms with Crippen LogP contribution in [0.15, 0.2) is 6.20 Å². The first-order chi connectivity index (χ1) is 7.29. The number of nitrogens with two attached hydrogens (primary N) is 1. The van der Waals surface area contributed by atoms with Crippen LogP contribution in [0.1, 0.15) is 37.4 Å². The number of unbranched alkanes of at least 4 members (excludes halogenated alkanes) is 2. The summed E-state index contributed by atoms with van der Waals surface area (Å²) in [6, 6.07) is 0. The van der Waals surface area contributed by atoms with Gasteiger partial charge in [0.05, 0.1) is 18.5 Å². The molecule has 0 bridgehead atoms. The monoisotopic (exact) mass is 211 g/mol. The fourth-order valence-electron chi connectivity index (χ4n) is 1.49. The van der Waals surface area contributed by atoms with Crippen molar-refractivity contribution in [2.45, 2.75) is 39.3 Å². The van der Waals surface area contributed by atoms with E-state index < -0.39 is 0 Å². The first kappa shape index (κ1) is 12.2. The molecule has 0 aliphatic heterocycles. The number of aryl methyl sites for hydroxylation is 1. The zero-order valence-electron chi connectivity index (χ0n) is 9.70. The summed E-state index contributed by atoms with van der Waals surface area (Å²) < 4.78 is 7.42. The summed E-state index contributed by atoms with van der Waals surface area (Å²) in [4.78, 5) is 0.